The van der Waals surface area contributed by atoms with Crippen LogP contribution in [0.5, 0.6) is 0 Å². The highest BCUT2D eigenvalue weighted by Crippen LogP contribution is 2.04. The summed E-state index contributed by atoms with van der Waals surface area (Å²) in [6, 6.07) is 0. The van der Waals surface area contributed by atoms with Crippen molar-refractivity contribution in [1.29, 1.82) is 0 Å². The fourth-order valence-electron chi connectivity index (χ4n) is 0.694. The van der Waals surface area contributed by atoms with Crippen LogP contribution < -0.4 is 0 Å². The second-order valence-electron chi connectivity index (χ2n) is 2.21. The third-order valence-electron chi connectivity index (χ3n) is 1.29. The van der Waals surface area contributed by atoms with Gasteiger partial charge < -0.3 is 0 Å². The van der Waals surface area contributed by atoms with Gasteiger partial charge in [0.05, 0.1) is 0 Å². The lowest BCUT2D eigenvalue weighted by molar-refractivity contribution is 0.763. The summed E-state index contributed by atoms with van der Waals surface area (Å²) in [4.78, 5) is 0. The number of unbranched alkanes of at least 4 members (excludes halogenated alkanes) is 4. The van der Waals surface area contributed by atoms with E-state index >= 15 is 0 Å². The van der Waals surface area contributed by atoms with Crippen LogP contribution in [0.4, 0.5) is 0 Å². The molecule has 0 saturated carbocycles. The van der Waals surface area contributed by atoms with Gasteiger partial charge in [0.1, 0.15) is 0 Å². The average Bonchev–Trinajstić information content (AvgIpc) is 1.89. The third-order valence-corrected chi connectivity index (χ3v) is 1.93. The van der Waals surface area contributed by atoms with Gasteiger partial charge in [0.2, 0.25) is 0 Å². The lowest BCUT2D eigenvalue weighted by atomic mass is 10.2. The molecular formula is C8H17S. The molecule has 0 fully saturated rings. The summed E-state index contributed by atoms with van der Waals surface area (Å²) in [7, 11) is 0. The first-order valence-electron chi connectivity index (χ1n) is 3.72. The van der Waals surface area contributed by atoms with E-state index in [1.807, 2.05) is 11.8 Å². The molecule has 0 atom stereocenters. The molecule has 0 unspecified atom stereocenters. The molecule has 1 radical (unpaired) electrons. The van der Waals surface area contributed by atoms with Gasteiger partial charge in [-0.1, -0.05) is 26.2 Å². The van der Waals surface area contributed by atoms with Gasteiger partial charge in [-0.05, 0) is 24.9 Å². The summed E-state index contributed by atoms with van der Waals surface area (Å²) < 4.78 is 0. The molecule has 0 amide bonds. The van der Waals surface area contributed by atoms with Gasteiger partial charge in [-0.15, -0.1) is 0 Å². The van der Waals surface area contributed by atoms with Crippen LogP contribution in [0, 0.1) is 6.42 Å². The summed E-state index contributed by atoms with van der Waals surface area (Å²) in [6.45, 7) is 2.24. The monoisotopic (exact) mass is 145 g/mol. The average molecular weight is 145 g/mol. The first kappa shape index (κ1) is 9.35. The van der Waals surface area contributed by atoms with E-state index in [0.29, 0.717) is 0 Å². The van der Waals surface area contributed by atoms with Crippen LogP contribution in [-0.4, -0.2) is 12.0 Å². The van der Waals surface area contributed by atoms with E-state index in [-0.39, 0.29) is 0 Å². The Bertz CT molecular complexity index is 37.8. The fraction of sp³-hybridized carbons (Fsp3) is 0.875. The van der Waals surface area contributed by atoms with Crippen LogP contribution in [0.1, 0.15) is 32.6 Å². The zero-order chi connectivity index (χ0) is 6.95. The lowest BCUT2D eigenvalue weighted by Gasteiger charge is -1.95. The Labute approximate surface area is 63.4 Å². The zero-order valence-corrected chi connectivity index (χ0v) is 7.34. The Morgan fingerprint density at radius 3 is 2.67 bits per heavy atom. The van der Waals surface area contributed by atoms with Crippen molar-refractivity contribution in [1.82, 2.24) is 0 Å². The standard InChI is InChI=1S/C8H17S/c1-3-4-5-6-7-8-9-2/h6H,3-5,7-8H2,1-2H3. The zero-order valence-electron chi connectivity index (χ0n) is 6.52. The first-order chi connectivity index (χ1) is 4.41. The largest absolute Gasteiger partial charge is 0.165 e. The lowest BCUT2D eigenvalue weighted by Crippen LogP contribution is -1.80. The summed E-state index contributed by atoms with van der Waals surface area (Å²) >= 11 is 1.93. The first-order valence-corrected chi connectivity index (χ1v) is 5.11. The van der Waals surface area contributed by atoms with Gasteiger partial charge in [0, 0.05) is 0 Å². The highest BCUT2D eigenvalue weighted by atomic mass is 32.2. The molecule has 0 aromatic carbocycles. The van der Waals surface area contributed by atoms with Gasteiger partial charge >= 0.3 is 0 Å². The molecule has 0 saturated heterocycles. The van der Waals surface area contributed by atoms with Crippen molar-refractivity contribution < 1.29 is 0 Å². The molecule has 0 aliphatic rings. The van der Waals surface area contributed by atoms with Crippen molar-refractivity contribution in [3.8, 4) is 0 Å². The Hall–Kier alpha value is 0.350. The van der Waals surface area contributed by atoms with Crippen LogP contribution in [-0.2, 0) is 0 Å². The van der Waals surface area contributed by atoms with Crippen LogP contribution in [0.15, 0.2) is 0 Å². The van der Waals surface area contributed by atoms with Gasteiger partial charge in [-0.2, -0.15) is 11.8 Å². The molecule has 0 aromatic rings. The number of hydrogen-bond acceptors (Lipinski definition) is 1. The highest BCUT2D eigenvalue weighted by Gasteiger charge is 1.86. The molecule has 0 bridgehead atoms. The number of rotatable bonds is 6. The van der Waals surface area contributed by atoms with Gasteiger partial charge in [0.15, 0.2) is 0 Å². The predicted molar refractivity (Wildman–Crippen MR) is 46.8 cm³/mol. The van der Waals surface area contributed by atoms with E-state index in [1.165, 1.54) is 31.4 Å². The smallest absolute Gasteiger partial charge is 0.00676 e. The Balaban J connectivity index is 2.60. The second kappa shape index (κ2) is 8.35. The van der Waals surface area contributed by atoms with Crippen LogP contribution in [0.3, 0.4) is 0 Å². The Kier molecular flexibility index (Phi) is 8.67. The molecule has 0 heterocycles. The summed E-state index contributed by atoms with van der Waals surface area (Å²) in [5, 5.41) is 0. The topological polar surface area (TPSA) is 0 Å². The van der Waals surface area contributed by atoms with E-state index in [1.54, 1.807) is 0 Å². The van der Waals surface area contributed by atoms with E-state index < -0.39 is 0 Å². The second-order valence-corrected chi connectivity index (χ2v) is 3.20. The highest BCUT2D eigenvalue weighted by molar-refractivity contribution is 7.98. The molecular weight excluding hydrogens is 128 g/mol. The Morgan fingerprint density at radius 1 is 1.33 bits per heavy atom. The van der Waals surface area contributed by atoms with Crippen LogP contribution in [0.2, 0.25) is 0 Å². The molecule has 1 heteroatoms. The number of thioether (sulfide) groups is 1. The van der Waals surface area contributed by atoms with Crippen LogP contribution in [0.25, 0.3) is 0 Å². The molecule has 0 aromatic heterocycles. The fourth-order valence-corrected chi connectivity index (χ4v) is 1.10. The summed E-state index contributed by atoms with van der Waals surface area (Å²) in [6.07, 6.45) is 9.87. The van der Waals surface area contributed by atoms with Crippen molar-refractivity contribution >= 4 is 11.8 Å². The number of hydrogen-bond donors (Lipinski definition) is 0. The normalized spacial score (nSPS) is 10.0. The Morgan fingerprint density at radius 2 is 2.11 bits per heavy atom. The molecule has 0 nitrogen and oxygen atoms in total. The maximum Gasteiger partial charge on any atom is -0.00676 e. The molecule has 0 aliphatic heterocycles. The van der Waals surface area contributed by atoms with E-state index in [9.17, 15) is 0 Å². The minimum Gasteiger partial charge on any atom is -0.165 e. The van der Waals surface area contributed by atoms with Crippen molar-refractivity contribution in [3.05, 3.63) is 6.42 Å². The van der Waals surface area contributed by atoms with Gasteiger partial charge in [-0.3, -0.25) is 0 Å². The van der Waals surface area contributed by atoms with E-state index in [0.717, 1.165) is 0 Å². The third kappa shape index (κ3) is 8.35. The van der Waals surface area contributed by atoms with Crippen molar-refractivity contribution in [3.63, 3.8) is 0 Å². The summed E-state index contributed by atoms with van der Waals surface area (Å²) in [5.74, 6) is 1.30. The van der Waals surface area contributed by atoms with Crippen molar-refractivity contribution in [2.75, 3.05) is 12.0 Å². The van der Waals surface area contributed by atoms with Crippen molar-refractivity contribution in [2.45, 2.75) is 32.6 Å². The molecule has 9 heavy (non-hydrogen) atoms. The molecule has 0 spiro atoms. The minimum absolute atomic E-state index is 1.29. The molecule has 55 valence electrons. The van der Waals surface area contributed by atoms with E-state index in [4.69, 9.17) is 0 Å². The quantitative estimate of drug-likeness (QED) is 0.517. The summed E-state index contributed by atoms with van der Waals surface area (Å²) in [5.41, 5.74) is 0. The van der Waals surface area contributed by atoms with Gasteiger partial charge in [0.25, 0.3) is 0 Å². The predicted octanol–water partition coefficient (Wildman–Crippen LogP) is 3.13. The maximum absolute atomic E-state index is 2.40. The van der Waals surface area contributed by atoms with Crippen molar-refractivity contribution in [2.24, 2.45) is 0 Å². The van der Waals surface area contributed by atoms with Gasteiger partial charge in [-0.25, -0.2) is 0 Å². The minimum atomic E-state index is 1.29. The maximum atomic E-state index is 2.40. The SMILES string of the molecule is CCCC[CH]CCSC. The van der Waals surface area contributed by atoms with Crippen LogP contribution >= 0.6 is 11.8 Å². The molecule has 0 N–H and O–H groups in total. The van der Waals surface area contributed by atoms with E-state index in [2.05, 4.69) is 19.6 Å². The molecule has 0 aliphatic carbocycles. The molecule has 0 rings (SSSR count).